The maximum absolute atomic E-state index is 12.5. The highest BCUT2D eigenvalue weighted by molar-refractivity contribution is 6.34. The molecule has 0 amide bonds. The van der Waals surface area contributed by atoms with E-state index in [9.17, 15) is 18.0 Å². The van der Waals surface area contributed by atoms with Gasteiger partial charge in [0.1, 0.15) is 0 Å². The molecule has 2 aromatic rings. The van der Waals surface area contributed by atoms with Crippen molar-refractivity contribution in [2.45, 2.75) is 25.4 Å². The summed E-state index contributed by atoms with van der Waals surface area (Å²) in [5, 5.41) is 3.44. The highest BCUT2D eigenvalue weighted by Gasteiger charge is 2.38. The molecule has 2 heterocycles. The highest BCUT2D eigenvalue weighted by Crippen LogP contribution is 2.31. The topological polar surface area (TPSA) is 65.2 Å². The van der Waals surface area contributed by atoms with Gasteiger partial charge >= 0.3 is 12.1 Å². The Morgan fingerprint density at radius 3 is 2.76 bits per heavy atom. The van der Waals surface area contributed by atoms with Gasteiger partial charge in [-0.3, -0.25) is 4.79 Å². The van der Waals surface area contributed by atoms with E-state index in [1.165, 1.54) is 18.2 Å². The quantitative estimate of drug-likeness (QED) is 0.725. The predicted octanol–water partition coefficient (Wildman–Crippen LogP) is 4.41. The smallest absolute Gasteiger partial charge is 0.381 e. The Kier molecular flexibility index (Phi) is 5.10. The number of hydrogen-bond acceptors (Lipinski definition) is 5. The average Bonchev–Trinajstić information content (AvgIpc) is 3.23. The molecular weight excluding hydrogens is 361 g/mol. The number of aromatic nitrogens is 2. The molecule has 1 aromatic heterocycles. The standard InChI is InChI=1S/C16H14ClF3N2O3/c17-12-7-10(14-21-15(25-22-14)16(18,19)20)2-3-11(12)13(23)4-1-9-5-6-24-8-9/h2-3,7,9H,1,4-6,8H2. The lowest BCUT2D eigenvalue weighted by molar-refractivity contribution is -0.159. The first kappa shape index (κ1) is 17.9. The number of benzene rings is 1. The first-order valence-electron chi connectivity index (χ1n) is 7.66. The summed E-state index contributed by atoms with van der Waals surface area (Å²) < 4.78 is 47.0. The van der Waals surface area contributed by atoms with E-state index in [1.807, 2.05) is 0 Å². The van der Waals surface area contributed by atoms with Crippen molar-refractivity contribution in [1.29, 1.82) is 0 Å². The van der Waals surface area contributed by atoms with E-state index in [4.69, 9.17) is 16.3 Å². The van der Waals surface area contributed by atoms with Gasteiger partial charge in [-0.25, -0.2) is 0 Å². The van der Waals surface area contributed by atoms with Gasteiger partial charge in [-0.2, -0.15) is 18.2 Å². The van der Waals surface area contributed by atoms with Crippen molar-refractivity contribution in [3.8, 4) is 11.4 Å². The van der Waals surface area contributed by atoms with Gasteiger partial charge in [0.05, 0.1) is 5.02 Å². The van der Waals surface area contributed by atoms with Gasteiger partial charge in [-0.15, -0.1) is 0 Å². The number of carbonyl (C=O) groups excluding carboxylic acids is 1. The number of rotatable bonds is 5. The SMILES string of the molecule is O=C(CCC1CCOC1)c1ccc(-c2noc(C(F)(F)F)n2)cc1Cl. The Morgan fingerprint density at radius 2 is 2.16 bits per heavy atom. The molecule has 134 valence electrons. The van der Waals surface area contributed by atoms with E-state index in [1.54, 1.807) is 0 Å². The second-order valence-electron chi connectivity index (χ2n) is 5.81. The van der Waals surface area contributed by atoms with Crippen molar-refractivity contribution < 1.29 is 27.2 Å². The Balaban J connectivity index is 1.71. The fraction of sp³-hybridized carbons (Fsp3) is 0.438. The zero-order valence-electron chi connectivity index (χ0n) is 13.0. The lowest BCUT2D eigenvalue weighted by Gasteiger charge is -2.08. The van der Waals surface area contributed by atoms with Gasteiger partial charge in [0.2, 0.25) is 5.82 Å². The second kappa shape index (κ2) is 7.13. The lowest BCUT2D eigenvalue weighted by Crippen LogP contribution is -2.06. The first-order chi connectivity index (χ1) is 11.8. The van der Waals surface area contributed by atoms with E-state index in [0.29, 0.717) is 24.5 Å². The van der Waals surface area contributed by atoms with Crippen LogP contribution in [0, 0.1) is 5.92 Å². The molecule has 0 bridgehead atoms. The summed E-state index contributed by atoms with van der Waals surface area (Å²) in [6.45, 7) is 1.39. The Morgan fingerprint density at radius 1 is 1.36 bits per heavy atom. The van der Waals surface area contributed by atoms with Gasteiger partial charge in [-0.1, -0.05) is 22.8 Å². The maximum Gasteiger partial charge on any atom is 0.471 e. The molecule has 1 aliphatic heterocycles. The average molecular weight is 375 g/mol. The molecule has 0 spiro atoms. The molecule has 1 aromatic carbocycles. The fourth-order valence-corrected chi connectivity index (χ4v) is 2.90. The Hall–Kier alpha value is -1.93. The molecule has 1 fully saturated rings. The molecule has 1 aliphatic rings. The molecule has 0 radical (unpaired) electrons. The molecule has 1 unspecified atom stereocenters. The summed E-state index contributed by atoms with van der Waals surface area (Å²) in [6.07, 6.45) is -2.71. The van der Waals surface area contributed by atoms with Crippen LogP contribution in [-0.4, -0.2) is 29.1 Å². The number of nitrogens with zero attached hydrogens (tertiary/aromatic N) is 2. The summed E-state index contributed by atoms with van der Waals surface area (Å²) in [5.41, 5.74) is 0.564. The van der Waals surface area contributed by atoms with Crippen molar-refractivity contribution in [3.63, 3.8) is 0 Å². The monoisotopic (exact) mass is 374 g/mol. The number of halogens is 4. The lowest BCUT2D eigenvalue weighted by atomic mass is 9.97. The van der Waals surface area contributed by atoms with Gasteiger partial charge in [-0.05, 0) is 30.9 Å². The number of carbonyl (C=O) groups is 1. The molecule has 1 atom stereocenters. The van der Waals surface area contributed by atoms with Crippen LogP contribution in [-0.2, 0) is 10.9 Å². The molecular formula is C16H14ClF3N2O3. The van der Waals surface area contributed by atoms with Crippen LogP contribution in [0.5, 0.6) is 0 Å². The van der Waals surface area contributed by atoms with Crippen LogP contribution in [0.4, 0.5) is 13.2 Å². The van der Waals surface area contributed by atoms with Crippen molar-refractivity contribution in [2.24, 2.45) is 5.92 Å². The van der Waals surface area contributed by atoms with Crippen LogP contribution in [0.2, 0.25) is 5.02 Å². The minimum atomic E-state index is -4.71. The van der Waals surface area contributed by atoms with Crippen molar-refractivity contribution in [3.05, 3.63) is 34.7 Å². The molecule has 3 rings (SSSR count). The summed E-state index contributed by atoms with van der Waals surface area (Å²) in [4.78, 5) is 15.6. The van der Waals surface area contributed by atoms with Crippen LogP contribution in [0.25, 0.3) is 11.4 Å². The number of Topliss-reactive ketones (excluding diaryl/α,β-unsaturated/α-hetero) is 1. The van der Waals surface area contributed by atoms with Crippen LogP contribution in [0.1, 0.15) is 35.5 Å². The summed E-state index contributed by atoms with van der Waals surface area (Å²) in [7, 11) is 0. The van der Waals surface area contributed by atoms with Crippen molar-refractivity contribution in [1.82, 2.24) is 10.1 Å². The van der Waals surface area contributed by atoms with Crippen LogP contribution >= 0.6 is 11.6 Å². The minimum absolute atomic E-state index is 0.118. The normalized spacial score (nSPS) is 17.8. The van der Waals surface area contributed by atoms with E-state index in [2.05, 4.69) is 14.7 Å². The fourth-order valence-electron chi connectivity index (χ4n) is 2.62. The first-order valence-corrected chi connectivity index (χ1v) is 8.04. The summed E-state index contributed by atoms with van der Waals surface area (Å²) in [5.74, 6) is -1.41. The largest absolute Gasteiger partial charge is 0.471 e. The van der Waals surface area contributed by atoms with E-state index < -0.39 is 12.1 Å². The summed E-state index contributed by atoms with van der Waals surface area (Å²) >= 11 is 6.11. The van der Waals surface area contributed by atoms with Crippen LogP contribution in [0.15, 0.2) is 22.7 Å². The number of hydrogen-bond donors (Lipinski definition) is 0. The van der Waals surface area contributed by atoms with Gasteiger partial charge in [0.25, 0.3) is 0 Å². The maximum atomic E-state index is 12.5. The number of alkyl halides is 3. The second-order valence-corrected chi connectivity index (χ2v) is 6.21. The predicted molar refractivity (Wildman–Crippen MR) is 82.2 cm³/mol. The van der Waals surface area contributed by atoms with Crippen molar-refractivity contribution in [2.75, 3.05) is 13.2 Å². The Bertz CT molecular complexity index is 770. The molecule has 0 aliphatic carbocycles. The molecule has 25 heavy (non-hydrogen) atoms. The summed E-state index contributed by atoms with van der Waals surface area (Å²) in [6, 6.07) is 4.27. The number of ketones is 1. The zero-order chi connectivity index (χ0) is 18.0. The third-order valence-electron chi connectivity index (χ3n) is 4.00. The van der Waals surface area contributed by atoms with E-state index >= 15 is 0 Å². The molecule has 1 saturated heterocycles. The van der Waals surface area contributed by atoms with Crippen LogP contribution < -0.4 is 0 Å². The molecule has 5 nitrogen and oxygen atoms in total. The van der Waals surface area contributed by atoms with Crippen molar-refractivity contribution >= 4 is 17.4 Å². The van der Waals surface area contributed by atoms with Crippen LogP contribution in [0.3, 0.4) is 0 Å². The van der Waals surface area contributed by atoms with Gasteiger partial charge in [0, 0.05) is 30.8 Å². The highest BCUT2D eigenvalue weighted by atomic mass is 35.5. The zero-order valence-corrected chi connectivity index (χ0v) is 13.7. The third kappa shape index (κ3) is 4.19. The van der Waals surface area contributed by atoms with E-state index in [0.717, 1.165) is 19.4 Å². The molecule has 9 heteroatoms. The minimum Gasteiger partial charge on any atom is -0.381 e. The molecule has 0 saturated carbocycles. The number of ether oxygens (including phenoxy) is 1. The van der Waals surface area contributed by atoms with E-state index in [-0.39, 0.29) is 22.2 Å². The van der Waals surface area contributed by atoms with Gasteiger partial charge in [0.15, 0.2) is 5.78 Å². The molecule has 0 N–H and O–H groups in total. The Labute approximate surface area is 146 Å². The van der Waals surface area contributed by atoms with Gasteiger partial charge < -0.3 is 9.26 Å². The third-order valence-corrected chi connectivity index (χ3v) is 4.31.